The highest BCUT2D eigenvalue weighted by molar-refractivity contribution is 6.33. The molecule has 1 aliphatic rings. The normalized spacial score (nSPS) is 16.1. The van der Waals surface area contributed by atoms with Gasteiger partial charge in [-0.3, -0.25) is 9.69 Å². The van der Waals surface area contributed by atoms with Gasteiger partial charge >= 0.3 is 0 Å². The maximum absolute atomic E-state index is 11.7. The maximum atomic E-state index is 11.7. The monoisotopic (exact) mass is 297 g/mol. The highest BCUT2D eigenvalue weighted by Crippen LogP contribution is 2.19. The molecule has 0 spiro atoms. The predicted molar refractivity (Wildman–Crippen MR) is 80.2 cm³/mol. The Morgan fingerprint density at radius 2 is 2.05 bits per heavy atom. The number of para-hydroxylation sites is 1. The zero-order valence-electron chi connectivity index (χ0n) is 11.4. The van der Waals surface area contributed by atoms with Gasteiger partial charge in [-0.2, -0.15) is 0 Å². The Balaban J connectivity index is 1.61. The average Bonchev–Trinajstić information content (AvgIpc) is 2.47. The molecule has 6 heteroatoms. The van der Waals surface area contributed by atoms with E-state index in [1.54, 1.807) is 12.1 Å². The summed E-state index contributed by atoms with van der Waals surface area (Å²) in [5, 5.41) is 6.47. The van der Waals surface area contributed by atoms with Crippen molar-refractivity contribution < 1.29 is 9.53 Å². The maximum Gasteiger partial charge on any atom is 0.238 e. The largest absolute Gasteiger partial charge is 0.379 e. The van der Waals surface area contributed by atoms with Gasteiger partial charge < -0.3 is 15.4 Å². The van der Waals surface area contributed by atoms with Gasteiger partial charge in [-0.1, -0.05) is 23.7 Å². The molecule has 0 atom stereocenters. The first-order valence-electron chi connectivity index (χ1n) is 6.81. The number of benzene rings is 1. The third-order valence-corrected chi connectivity index (χ3v) is 3.47. The van der Waals surface area contributed by atoms with Crippen molar-refractivity contribution in [1.82, 2.24) is 10.2 Å². The minimum atomic E-state index is -0.0833. The predicted octanol–water partition coefficient (Wildman–Crippen LogP) is 1.20. The third kappa shape index (κ3) is 5.09. The van der Waals surface area contributed by atoms with Gasteiger partial charge in [-0.25, -0.2) is 0 Å². The minimum Gasteiger partial charge on any atom is -0.379 e. The van der Waals surface area contributed by atoms with Crippen LogP contribution in [0.3, 0.4) is 0 Å². The molecule has 5 nitrogen and oxygen atoms in total. The van der Waals surface area contributed by atoms with Crippen molar-refractivity contribution >= 4 is 23.2 Å². The van der Waals surface area contributed by atoms with Crippen LogP contribution in [0.1, 0.15) is 0 Å². The van der Waals surface area contributed by atoms with E-state index in [0.29, 0.717) is 10.7 Å². The first-order chi connectivity index (χ1) is 9.75. The van der Waals surface area contributed by atoms with Gasteiger partial charge in [0.2, 0.25) is 5.91 Å². The van der Waals surface area contributed by atoms with Crippen molar-refractivity contribution in [1.29, 1.82) is 0 Å². The molecule has 1 aromatic carbocycles. The van der Waals surface area contributed by atoms with Crippen LogP contribution >= 0.6 is 11.6 Å². The zero-order valence-corrected chi connectivity index (χ0v) is 12.2. The fourth-order valence-electron chi connectivity index (χ4n) is 2.02. The van der Waals surface area contributed by atoms with Gasteiger partial charge in [0.25, 0.3) is 0 Å². The van der Waals surface area contributed by atoms with E-state index in [9.17, 15) is 4.79 Å². The van der Waals surface area contributed by atoms with Crippen LogP contribution in [-0.4, -0.2) is 56.7 Å². The lowest BCUT2D eigenvalue weighted by Gasteiger charge is -2.26. The molecule has 1 saturated heterocycles. The van der Waals surface area contributed by atoms with E-state index in [-0.39, 0.29) is 12.5 Å². The molecule has 1 fully saturated rings. The van der Waals surface area contributed by atoms with Gasteiger partial charge in [0.15, 0.2) is 0 Å². The molecule has 20 heavy (non-hydrogen) atoms. The second-order valence-electron chi connectivity index (χ2n) is 4.66. The lowest BCUT2D eigenvalue weighted by molar-refractivity contribution is -0.115. The first-order valence-corrected chi connectivity index (χ1v) is 7.19. The fraction of sp³-hybridized carbons (Fsp3) is 0.500. The van der Waals surface area contributed by atoms with Crippen molar-refractivity contribution in [3.8, 4) is 0 Å². The van der Waals surface area contributed by atoms with Crippen LogP contribution < -0.4 is 10.6 Å². The highest BCUT2D eigenvalue weighted by Gasteiger charge is 2.09. The second-order valence-corrected chi connectivity index (χ2v) is 5.07. The summed E-state index contributed by atoms with van der Waals surface area (Å²) in [5.41, 5.74) is 0.647. The molecule has 1 aliphatic heterocycles. The van der Waals surface area contributed by atoms with Gasteiger partial charge in [-0.15, -0.1) is 0 Å². The minimum absolute atomic E-state index is 0.0833. The number of carbonyl (C=O) groups excluding carboxylic acids is 1. The van der Waals surface area contributed by atoms with Gasteiger partial charge in [0.05, 0.1) is 30.5 Å². The van der Waals surface area contributed by atoms with Crippen molar-refractivity contribution in [2.75, 3.05) is 51.3 Å². The Morgan fingerprint density at radius 1 is 1.30 bits per heavy atom. The summed E-state index contributed by atoms with van der Waals surface area (Å²) in [6, 6.07) is 7.21. The number of amides is 1. The molecule has 0 aliphatic carbocycles. The molecule has 0 aromatic heterocycles. The summed E-state index contributed by atoms with van der Waals surface area (Å²) in [6.07, 6.45) is 0. The Morgan fingerprint density at radius 3 is 2.80 bits per heavy atom. The van der Waals surface area contributed by atoms with E-state index in [0.717, 1.165) is 39.4 Å². The number of ether oxygens (including phenoxy) is 1. The lowest BCUT2D eigenvalue weighted by Crippen LogP contribution is -2.41. The highest BCUT2D eigenvalue weighted by atomic mass is 35.5. The molecule has 110 valence electrons. The molecule has 1 amide bonds. The van der Waals surface area contributed by atoms with E-state index in [2.05, 4.69) is 15.5 Å². The van der Waals surface area contributed by atoms with Crippen LogP contribution in [0.15, 0.2) is 24.3 Å². The van der Waals surface area contributed by atoms with Crippen molar-refractivity contribution in [2.45, 2.75) is 0 Å². The van der Waals surface area contributed by atoms with E-state index >= 15 is 0 Å². The smallest absolute Gasteiger partial charge is 0.238 e. The molecular weight excluding hydrogens is 278 g/mol. The summed E-state index contributed by atoms with van der Waals surface area (Å²) in [6.45, 7) is 5.54. The molecular formula is C14H20ClN3O2. The molecule has 0 unspecified atom stereocenters. The van der Waals surface area contributed by atoms with Crippen molar-refractivity contribution in [2.24, 2.45) is 0 Å². The number of carbonyl (C=O) groups is 1. The number of halogens is 1. The van der Waals surface area contributed by atoms with Crippen molar-refractivity contribution in [3.63, 3.8) is 0 Å². The number of hydrogen-bond donors (Lipinski definition) is 2. The Labute approximate surface area is 124 Å². The standard InChI is InChI=1S/C14H20ClN3O2/c15-12-3-1-2-4-13(12)17-14(19)11-16-5-6-18-7-9-20-10-8-18/h1-4,16H,5-11H2,(H,17,19). The molecule has 0 radical (unpaired) electrons. The summed E-state index contributed by atoms with van der Waals surface area (Å²) < 4.78 is 5.28. The Kier molecular flexibility index (Phi) is 6.26. The fourth-order valence-corrected chi connectivity index (χ4v) is 2.20. The van der Waals surface area contributed by atoms with E-state index in [4.69, 9.17) is 16.3 Å². The van der Waals surface area contributed by atoms with Crippen LogP contribution in [0, 0.1) is 0 Å². The molecule has 1 heterocycles. The van der Waals surface area contributed by atoms with Gasteiger partial charge in [-0.05, 0) is 12.1 Å². The number of morpholine rings is 1. The average molecular weight is 298 g/mol. The first kappa shape index (κ1) is 15.3. The Bertz CT molecular complexity index is 436. The van der Waals surface area contributed by atoms with Crippen LogP contribution in [0.5, 0.6) is 0 Å². The molecule has 1 aromatic rings. The number of nitrogens with one attached hydrogen (secondary N) is 2. The van der Waals surface area contributed by atoms with Crippen LogP contribution in [0.25, 0.3) is 0 Å². The summed E-state index contributed by atoms with van der Waals surface area (Å²) in [4.78, 5) is 14.1. The third-order valence-electron chi connectivity index (χ3n) is 3.14. The van der Waals surface area contributed by atoms with E-state index in [1.807, 2.05) is 12.1 Å². The lowest BCUT2D eigenvalue weighted by atomic mass is 10.3. The number of hydrogen-bond acceptors (Lipinski definition) is 4. The van der Waals surface area contributed by atoms with Crippen molar-refractivity contribution in [3.05, 3.63) is 29.3 Å². The van der Waals surface area contributed by atoms with E-state index in [1.165, 1.54) is 0 Å². The molecule has 2 N–H and O–H groups in total. The van der Waals surface area contributed by atoms with Gasteiger partial charge in [0.1, 0.15) is 0 Å². The summed E-state index contributed by atoms with van der Waals surface area (Å²) in [5.74, 6) is -0.0833. The molecule has 2 rings (SSSR count). The zero-order chi connectivity index (χ0) is 14.2. The molecule has 0 bridgehead atoms. The van der Waals surface area contributed by atoms with Crippen LogP contribution in [-0.2, 0) is 9.53 Å². The van der Waals surface area contributed by atoms with E-state index < -0.39 is 0 Å². The number of anilines is 1. The summed E-state index contributed by atoms with van der Waals surface area (Å²) in [7, 11) is 0. The second kappa shape index (κ2) is 8.21. The number of rotatable bonds is 6. The van der Waals surface area contributed by atoms with Gasteiger partial charge in [0, 0.05) is 26.2 Å². The van der Waals surface area contributed by atoms with Crippen LogP contribution in [0.4, 0.5) is 5.69 Å². The quantitative estimate of drug-likeness (QED) is 0.775. The SMILES string of the molecule is O=C(CNCCN1CCOCC1)Nc1ccccc1Cl. The molecule has 0 saturated carbocycles. The Hall–Kier alpha value is -1.14. The summed E-state index contributed by atoms with van der Waals surface area (Å²) >= 11 is 5.98. The van der Waals surface area contributed by atoms with Crippen LogP contribution in [0.2, 0.25) is 5.02 Å². The number of nitrogens with zero attached hydrogens (tertiary/aromatic N) is 1. The topological polar surface area (TPSA) is 53.6 Å².